The molecule has 0 radical (unpaired) electrons. The van der Waals surface area contributed by atoms with Crippen molar-refractivity contribution >= 4 is 23.1 Å². The fourth-order valence-electron chi connectivity index (χ4n) is 2.21. The van der Waals surface area contributed by atoms with Crippen molar-refractivity contribution in [3.05, 3.63) is 23.8 Å². The molecule has 1 heterocycles. The van der Waals surface area contributed by atoms with E-state index in [0.29, 0.717) is 11.6 Å². The number of ketones is 1. The maximum atomic E-state index is 11.6. The average molecular weight is 268 g/mol. The molecule has 0 fully saturated rings. The highest BCUT2D eigenvalue weighted by atomic mass is 35.5. The molecular formula is C14H18ClNO2. The molecule has 0 aliphatic carbocycles. The highest BCUT2D eigenvalue weighted by Gasteiger charge is 2.25. The number of halogens is 1. The lowest BCUT2D eigenvalue weighted by atomic mass is 10.1. The van der Waals surface area contributed by atoms with Crippen LogP contribution in [0.15, 0.2) is 18.2 Å². The summed E-state index contributed by atoms with van der Waals surface area (Å²) < 4.78 is 5.79. The van der Waals surface area contributed by atoms with Crippen molar-refractivity contribution in [1.29, 1.82) is 0 Å². The van der Waals surface area contributed by atoms with Crippen molar-refractivity contribution in [2.75, 3.05) is 17.3 Å². The molecule has 1 aliphatic rings. The van der Waals surface area contributed by atoms with E-state index < -0.39 is 0 Å². The zero-order chi connectivity index (χ0) is 13.3. The van der Waals surface area contributed by atoms with Crippen molar-refractivity contribution in [2.24, 2.45) is 0 Å². The normalized spacial score (nSPS) is 18.5. The molecule has 1 atom stereocenters. The lowest BCUT2D eigenvalue weighted by molar-refractivity contribution is 0.102. The van der Waals surface area contributed by atoms with Gasteiger partial charge in [-0.1, -0.05) is 0 Å². The van der Waals surface area contributed by atoms with Crippen LogP contribution in [0.1, 0.15) is 31.1 Å². The molecule has 1 aliphatic heterocycles. The number of fused-ring (bicyclic) bond motifs is 1. The van der Waals surface area contributed by atoms with E-state index >= 15 is 0 Å². The first-order valence-corrected chi connectivity index (χ1v) is 6.73. The molecule has 4 heteroatoms. The summed E-state index contributed by atoms with van der Waals surface area (Å²) in [7, 11) is 0. The second-order valence-electron chi connectivity index (χ2n) is 4.91. The lowest BCUT2D eigenvalue weighted by Crippen LogP contribution is -2.42. The minimum atomic E-state index is -0.0539. The highest BCUT2D eigenvalue weighted by Crippen LogP contribution is 2.35. The van der Waals surface area contributed by atoms with Crippen LogP contribution in [0.4, 0.5) is 5.69 Å². The van der Waals surface area contributed by atoms with Crippen molar-refractivity contribution in [1.82, 2.24) is 0 Å². The lowest BCUT2D eigenvalue weighted by Gasteiger charge is -2.37. The second-order valence-corrected chi connectivity index (χ2v) is 5.18. The summed E-state index contributed by atoms with van der Waals surface area (Å²) in [6.45, 7) is 7.16. The van der Waals surface area contributed by atoms with E-state index in [1.165, 1.54) is 0 Å². The molecule has 3 nitrogen and oxygen atoms in total. The maximum absolute atomic E-state index is 11.6. The van der Waals surface area contributed by atoms with Gasteiger partial charge in [-0.15, -0.1) is 11.6 Å². The van der Waals surface area contributed by atoms with Gasteiger partial charge in [0.25, 0.3) is 0 Å². The van der Waals surface area contributed by atoms with Crippen molar-refractivity contribution < 1.29 is 9.53 Å². The highest BCUT2D eigenvalue weighted by molar-refractivity contribution is 6.30. The zero-order valence-electron chi connectivity index (χ0n) is 10.9. The van der Waals surface area contributed by atoms with E-state index in [1.807, 2.05) is 12.1 Å². The molecule has 0 aromatic heterocycles. The second kappa shape index (κ2) is 5.19. The number of nitrogens with zero attached hydrogens (tertiary/aromatic N) is 1. The molecule has 18 heavy (non-hydrogen) atoms. The van der Waals surface area contributed by atoms with E-state index in [-0.39, 0.29) is 17.8 Å². The summed E-state index contributed by atoms with van der Waals surface area (Å²) in [5.74, 6) is 0.799. The van der Waals surface area contributed by atoms with E-state index in [1.54, 1.807) is 6.07 Å². The third-order valence-electron chi connectivity index (χ3n) is 3.12. The van der Waals surface area contributed by atoms with Crippen LogP contribution in [-0.2, 0) is 0 Å². The minimum absolute atomic E-state index is 0.0116. The Morgan fingerprint density at radius 3 is 2.89 bits per heavy atom. The average Bonchev–Trinajstić information content (AvgIpc) is 2.36. The molecular weight excluding hydrogens is 250 g/mol. The van der Waals surface area contributed by atoms with Crippen molar-refractivity contribution in [3.63, 3.8) is 0 Å². The largest absolute Gasteiger partial charge is 0.487 e. The number of benzene rings is 1. The Morgan fingerprint density at radius 2 is 2.28 bits per heavy atom. The predicted octanol–water partition coefficient (Wildman–Crippen LogP) is 3.10. The van der Waals surface area contributed by atoms with Gasteiger partial charge in [-0.2, -0.15) is 0 Å². The molecule has 1 aromatic carbocycles. The Bertz CT molecular complexity index is 459. The first-order chi connectivity index (χ1) is 8.52. The summed E-state index contributed by atoms with van der Waals surface area (Å²) in [4.78, 5) is 13.9. The van der Waals surface area contributed by atoms with E-state index in [0.717, 1.165) is 18.0 Å². The minimum Gasteiger partial charge on any atom is -0.487 e. The zero-order valence-corrected chi connectivity index (χ0v) is 11.7. The molecule has 98 valence electrons. The Morgan fingerprint density at radius 1 is 1.56 bits per heavy atom. The standard InChI is InChI=1S/C14H18ClNO2/c1-9(2)16-8-10(3)18-14-5-4-11(6-12(14)16)13(17)7-15/h4-6,9-10H,7-8H2,1-3H3. The van der Waals surface area contributed by atoms with E-state index in [2.05, 4.69) is 25.7 Å². The summed E-state index contributed by atoms with van der Waals surface area (Å²) in [5, 5.41) is 0. The van der Waals surface area contributed by atoms with Crippen LogP contribution in [0.3, 0.4) is 0 Å². The fourth-order valence-corrected chi connectivity index (χ4v) is 2.36. The quantitative estimate of drug-likeness (QED) is 0.623. The number of hydrogen-bond acceptors (Lipinski definition) is 3. The van der Waals surface area contributed by atoms with E-state index in [4.69, 9.17) is 16.3 Å². The van der Waals surface area contributed by atoms with Crippen LogP contribution in [0, 0.1) is 0 Å². The Labute approximate surface area is 113 Å². The van der Waals surface area contributed by atoms with Gasteiger partial charge in [0.15, 0.2) is 5.78 Å². The molecule has 0 N–H and O–H groups in total. The third-order valence-corrected chi connectivity index (χ3v) is 3.36. The first kappa shape index (κ1) is 13.2. The monoisotopic (exact) mass is 267 g/mol. The molecule has 0 spiro atoms. The van der Waals surface area contributed by atoms with Gasteiger partial charge < -0.3 is 9.64 Å². The summed E-state index contributed by atoms with van der Waals surface area (Å²) in [5.41, 5.74) is 1.63. The number of Topliss-reactive ketones (excluding diaryl/α,β-unsaturated/α-hetero) is 1. The van der Waals surface area contributed by atoms with Crippen LogP contribution in [0.5, 0.6) is 5.75 Å². The smallest absolute Gasteiger partial charge is 0.177 e. The number of ether oxygens (including phenoxy) is 1. The van der Waals surface area contributed by atoms with Crippen molar-refractivity contribution in [3.8, 4) is 5.75 Å². The van der Waals surface area contributed by atoms with Gasteiger partial charge in [0, 0.05) is 11.6 Å². The SMILES string of the molecule is CC1CN(C(C)C)c2cc(C(=O)CCl)ccc2O1. The van der Waals surface area contributed by atoms with Crippen LogP contribution < -0.4 is 9.64 Å². The summed E-state index contributed by atoms with van der Waals surface area (Å²) in [6, 6.07) is 5.89. The van der Waals surface area contributed by atoms with Gasteiger partial charge in [0.05, 0.1) is 18.1 Å². The Balaban J connectivity index is 2.42. The first-order valence-electron chi connectivity index (χ1n) is 6.19. The molecule has 1 aromatic rings. The maximum Gasteiger partial charge on any atom is 0.177 e. The van der Waals surface area contributed by atoms with Crippen LogP contribution in [-0.4, -0.2) is 30.4 Å². The molecule has 1 unspecified atom stereocenters. The van der Waals surface area contributed by atoms with Crippen molar-refractivity contribution in [2.45, 2.75) is 32.9 Å². The van der Waals surface area contributed by atoms with Gasteiger partial charge in [-0.05, 0) is 39.0 Å². The number of carbonyl (C=O) groups excluding carboxylic acids is 1. The number of rotatable bonds is 3. The number of alkyl halides is 1. The third kappa shape index (κ3) is 2.46. The van der Waals surface area contributed by atoms with Gasteiger partial charge >= 0.3 is 0 Å². The molecule has 0 saturated carbocycles. The molecule has 0 amide bonds. The number of anilines is 1. The van der Waals surface area contributed by atoms with Crippen LogP contribution in [0.2, 0.25) is 0 Å². The number of carbonyl (C=O) groups is 1. The van der Waals surface area contributed by atoms with Gasteiger partial charge in [0.2, 0.25) is 0 Å². The predicted molar refractivity (Wildman–Crippen MR) is 74.1 cm³/mol. The van der Waals surface area contributed by atoms with Crippen LogP contribution in [0.25, 0.3) is 0 Å². The molecule has 2 rings (SSSR count). The Kier molecular flexibility index (Phi) is 3.81. The summed E-state index contributed by atoms with van der Waals surface area (Å²) in [6.07, 6.45) is 0.162. The number of hydrogen-bond donors (Lipinski definition) is 0. The van der Waals surface area contributed by atoms with Gasteiger partial charge in [0.1, 0.15) is 11.9 Å². The van der Waals surface area contributed by atoms with Crippen LogP contribution >= 0.6 is 11.6 Å². The van der Waals surface area contributed by atoms with E-state index in [9.17, 15) is 4.79 Å². The fraction of sp³-hybridized carbons (Fsp3) is 0.500. The molecule has 0 saturated heterocycles. The topological polar surface area (TPSA) is 29.5 Å². The molecule has 0 bridgehead atoms. The van der Waals surface area contributed by atoms with Gasteiger partial charge in [-0.3, -0.25) is 4.79 Å². The van der Waals surface area contributed by atoms with Gasteiger partial charge in [-0.25, -0.2) is 0 Å². The summed E-state index contributed by atoms with van der Waals surface area (Å²) >= 11 is 5.60. The Hall–Kier alpha value is -1.22.